The van der Waals surface area contributed by atoms with Gasteiger partial charge in [-0.05, 0) is 50.4 Å². The minimum atomic E-state index is 0. The van der Waals surface area contributed by atoms with Gasteiger partial charge in [0.1, 0.15) is 0 Å². The molecule has 1 heterocycles. The molecule has 1 aliphatic heterocycles. The number of likely N-dealkylation sites (tertiary alicyclic amines) is 1. The Morgan fingerprint density at radius 1 is 1.04 bits per heavy atom. The van der Waals surface area contributed by atoms with Crippen molar-refractivity contribution in [3.8, 4) is 0 Å². The van der Waals surface area contributed by atoms with Crippen LogP contribution in [0.15, 0.2) is 4.99 Å². The quantitative estimate of drug-likeness (QED) is 0.281. The molecule has 2 aliphatic rings. The molecule has 0 aromatic carbocycles. The Bertz CT molecular complexity index is 355. The van der Waals surface area contributed by atoms with E-state index >= 15 is 0 Å². The molecule has 0 aromatic rings. The van der Waals surface area contributed by atoms with Crippen molar-refractivity contribution in [1.82, 2.24) is 10.2 Å². The summed E-state index contributed by atoms with van der Waals surface area (Å²) in [6, 6.07) is 0. The third kappa shape index (κ3) is 7.06. The van der Waals surface area contributed by atoms with Crippen LogP contribution >= 0.6 is 24.0 Å². The monoisotopic (exact) mass is 451 g/mol. The van der Waals surface area contributed by atoms with Crippen molar-refractivity contribution >= 4 is 29.9 Å². The number of ether oxygens (including phenoxy) is 1. The molecule has 1 saturated carbocycles. The van der Waals surface area contributed by atoms with Crippen LogP contribution in [0, 0.1) is 5.41 Å². The number of guanidine groups is 1. The second kappa shape index (κ2) is 12.3. The molecule has 1 N–H and O–H groups in total. The minimum absolute atomic E-state index is 0. The Labute approximate surface area is 166 Å². The van der Waals surface area contributed by atoms with Crippen LogP contribution in [0.5, 0.6) is 0 Å². The lowest BCUT2D eigenvalue weighted by molar-refractivity contribution is 0.115. The summed E-state index contributed by atoms with van der Waals surface area (Å²) in [4.78, 5) is 7.09. The standard InChI is InChI=1S/C19H37N3O.HI/c1-20-18(21-14-8-5-9-16-23-2)22-15-10-13-19(17-22)11-6-3-4-7-12-19;/h3-17H2,1-2H3,(H,20,21);1H. The number of nitrogens with one attached hydrogen (secondary N) is 1. The van der Waals surface area contributed by atoms with Gasteiger partial charge in [-0.15, -0.1) is 24.0 Å². The predicted molar refractivity (Wildman–Crippen MR) is 113 cm³/mol. The van der Waals surface area contributed by atoms with Gasteiger partial charge in [-0.25, -0.2) is 0 Å². The summed E-state index contributed by atoms with van der Waals surface area (Å²) in [5, 5.41) is 3.59. The van der Waals surface area contributed by atoms with Gasteiger partial charge in [0.25, 0.3) is 0 Å². The van der Waals surface area contributed by atoms with E-state index in [1.807, 2.05) is 7.05 Å². The first kappa shape index (κ1) is 22.0. The van der Waals surface area contributed by atoms with E-state index in [-0.39, 0.29) is 24.0 Å². The van der Waals surface area contributed by atoms with E-state index in [1.165, 1.54) is 77.3 Å². The average Bonchev–Trinajstić information content (AvgIpc) is 2.80. The maximum Gasteiger partial charge on any atom is 0.193 e. The molecule has 0 bridgehead atoms. The largest absolute Gasteiger partial charge is 0.385 e. The minimum Gasteiger partial charge on any atom is -0.385 e. The lowest BCUT2D eigenvalue weighted by Crippen LogP contribution is -2.50. The number of halogens is 1. The van der Waals surface area contributed by atoms with E-state index in [4.69, 9.17) is 4.74 Å². The fourth-order valence-electron chi connectivity index (χ4n) is 4.36. The van der Waals surface area contributed by atoms with Crippen molar-refractivity contribution in [3.05, 3.63) is 0 Å². The number of rotatable bonds is 6. The Morgan fingerprint density at radius 3 is 2.42 bits per heavy atom. The summed E-state index contributed by atoms with van der Waals surface area (Å²) in [6.07, 6.45) is 14.9. The highest BCUT2D eigenvalue weighted by Crippen LogP contribution is 2.42. The number of unbranched alkanes of at least 4 members (excludes halogenated alkanes) is 2. The van der Waals surface area contributed by atoms with Crippen molar-refractivity contribution in [3.63, 3.8) is 0 Å². The average molecular weight is 451 g/mol. The Balaban J connectivity index is 0.00000288. The molecule has 0 radical (unpaired) electrons. The van der Waals surface area contributed by atoms with Crippen molar-refractivity contribution in [2.75, 3.05) is 40.4 Å². The predicted octanol–water partition coefficient (Wildman–Crippen LogP) is 4.43. The molecule has 2 rings (SSSR count). The zero-order chi connectivity index (χ0) is 16.4. The fraction of sp³-hybridized carbons (Fsp3) is 0.947. The highest BCUT2D eigenvalue weighted by molar-refractivity contribution is 14.0. The fourth-order valence-corrected chi connectivity index (χ4v) is 4.36. The third-order valence-corrected chi connectivity index (χ3v) is 5.65. The van der Waals surface area contributed by atoms with Gasteiger partial charge < -0.3 is 15.0 Å². The van der Waals surface area contributed by atoms with Crippen LogP contribution in [-0.2, 0) is 4.74 Å². The number of piperidine rings is 1. The maximum absolute atomic E-state index is 5.11. The number of methoxy groups -OCH3 is 1. The second-order valence-electron chi connectivity index (χ2n) is 7.47. The molecule has 0 atom stereocenters. The van der Waals surface area contributed by atoms with E-state index in [0.717, 1.165) is 25.5 Å². The molecule has 1 saturated heterocycles. The molecule has 0 aromatic heterocycles. The van der Waals surface area contributed by atoms with E-state index in [1.54, 1.807) is 7.11 Å². The van der Waals surface area contributed by atoms with Crippen molar-refractivity contribution in [1.29, 1.82) is 0 Å². The molecular weight excluding hydrogens is 413 g/mol. The van der Waals surface area contributed by atoms with Crippen LogP contribution in [0.25, 0.3) is 0 Å². The van der Waals surface area contributed by atoms with Crippen LogP contribution < -0.4 is 5.32 Å². The summed E-state index contributed by atoms with van der Waals surface area (Å²) in [5.41, 5.74) is 0.574. The van der Waals surface area contributed by atoms with E-state index in [9.17, 15) is 0 Å². The zero-order valence-corrected chi connectivity index (χ0v) is 18.1. The zero-order valence-electron chi connectivity index (χ0n) is 15.8. The SMILES string of the molecule is CN=C(NCCCCCOC)N1CCCC2(CCCCCC2)C1.I. The van der Waals surface area contributed by atoms with Gasteiger partial charge in [0.05, 0.1) is 0 Å². The normalized spacial score (nSPS) is 21.2. The van der Waals surface area contributed by atoms with Crippen molar-refractivity contribution in [2.24, 2.45) is 10.4 Å². The highest BCUT2D eigenvalue weighted by Gasteiger charge is 2.36. The Kier molecular flexibility index (Phi) is 11.3. The topological polar surface area (TPSA) is 36.9 Å². The molecule has 1 aliphatic carbocycles. The van der Waals surface area contributed by atoms with Crippen LogP contribution in [-0.4, -0.2) is 51.3 Å². The summed E-state index contributed by atoms with van der Waals surface area (Å²) in [6.45, 7) is 4.30. The molecule has 24 heavy (non-hydrogen) atoms. The van der Waals surface area contributed by atoms with Gasteiger partial charge in [0.2, 0.25) is 0 Å². The van der Waals surface area contributed by atoms with Gasteiger partial charge in [-0.1, -0.05) is 25.7 Å². The van der Waals surface area contributed by atoms with Crippen LogP contribution in [0.1, 0.15) is 70.6 Å². The van der Waals surface area contributed by atoms with E-state index in [0.29, 0.717) is 5.41 Å². The lowest BCUT2D eigenvalue weighted by atomic mass is 9.74. The lowest BCUT2D eigenvalue weighted by Gasteiger charge is -2.44. The van der Waals surface area contributed by atoms with Gasteiger partial charge in [-0.2, -0.15) is 0 Å². The molecule has 5 heteroatoms. The van der Waals surface area contributed by atoms with Crippen LogP contribution in [0.3, 0.4) is 0 Å². The number of hydrogen-bond acceptors (Lipinski definition) is 2. The molecule has 1 spiro atoms. The first-order valence-corrected chi connectivity index (χ1v) is 9.74. The molecule has 142 valence electrons. The third-order valence-electron chi connectivity index (χ3n) is 5.65. The first-order chi connectivity index (χ1) is 11.3. The number of nitrogens with zero attached hydrogens (tertiary/aromatic N) is 2. The van der Waals surface area contributed by atoms with Gasteiger partial charge in [0.15, 0.2) is 5.96 Å². The van der Waals surface area contributed by atoms with E-state index in [2.05, 4.69) is 15.2 Å². The maximum atomic E-state index is 5.11. The number of aliphatic imine (C=N–C) groups is 1. The summed E-state index contributed by atoms with van der Waals surface area (Å²) >= 11 is 0. The Hall–Kier alpha value is -0.0400. The molecule has 0 amide bonds. The van der Waals surface area contributed by atoms with Gasteiger partial charge in [0, 0.05) is 40.4 Å². The number of hydrogen-bond donors (Lipinski definition) is 1. The van der Waals surface area contributed by atoms with Crippen molar-refractivity contribution < 1.29 is 4.74 Å². The van der Waals surface area contributed by atoms with Gasteiger partial charge >= 0.3 is 0 Å². The Morgan fingerprint density at radius 2 is 1.75 bits per heavy atom. The molecule has 2 fully saturated rings. The van der Waals surface area contributed by atoms with Crippen molar-refractivity contribution in [2.45, 2.75) is 70.6 Å². The van der Waals surface area contributed by atoms with Gasteiger partial charge in [-0.3, -0.25) is 4.99 Å². The highest BCUT2D eigenvalue weighted by atomic mass is 127. The second-order valence-corrected chi connectivity index (χ2v) is 7.47. The smallest absolute Gasteiger partial charge is 0.193 e. The van der Waals surface area contributed by atoms with Crippen LogP contribution in [0.2, 0.25) is 0 Å². The molecule has 0 unspecified atom stereocenters. The molecular formula is C19H38IN3O. The summed E-state index contributed by atoms with van der Waals surface area (Å²) in [5.74, 6) is 1.13. The van der Waals surface area contributed by atoms with Crippen LogP contribution in [0.4, 0.5) is 0 Å². The summed E-state index contributed by atoms with van der Waals surface area (Å²) < 4.78 is 5.11. The molecule has 4 nitrogen and oxygen atoms in total. The first-order valence-electron chi connectivity index (χ1n) is 9.74. The summed E-state index contributed by atoms with van der Waals surface area (Å²) in [7, 11) is 3.71. The van der Waals surface area contributed by atoms with E-state index < -0.39 is 0 Å².